The second-order valence-electron chi connectivity index (χ2n) is 6.71. The standard InChI is InChI=1S/C16H30N6O5S/c1-28(27)9-6-10(17)14(24)22-8-3-5-12(22)13(23)21-11(15(25)26)4-2-7-20-16(18)19/h10-12H,2-9,17H2,1H3,(H,21,23)(H,25,26)(H4,18,19,20). The third-order valence-corrected chi connectivity index (χ3v) is 5.24. The first kappa shape index (κ1) is 23.8. The number of nitrogens with one attached hydrogen (secondary N) is 1. The number of hydrogen-bond acceptors (Lipinski definition) is 6. The predicted molar refractivity (Wildman–Crippen MR) is 106 cm³/mol. The van der Waals surface area contributed by atoms with Crippen molar-refractivity contribution in [1.29, 1.82) is 0 Å². The molecule has 1 rings (SSSR count). The van der Waals surface area contributed by atoms with Crippen molar-refractivity contribution in [2.75, 3.05) is 25.1 Å². The molecule has 1 aliphatic rings. The van der Waals surface area contributed by atoms with Crippen LogP contribution in [0.1, 0.15) is 32.1 Å². The van der Waals surface area contributed by atoms with Gasteiger partial charge < -0.3 is 32.5 Å². The van der Waals surface area contributed by atoms with Crippen LogP contribution < -0.4 is 22.5 Å². The van der Waals surface area contributed by atoms with E-state index in [4.69, 9.17) is 17.2 Å². The van der Waals surface area contributed by atoms with Gasteiger partial charge in [-0.3, -0.25) is 18.8 Å². The van der Waals surface area contributed by atoms with E-state index in [0.29, 0.717) is 31.6 Å². The lowest BCUT2D eigenvalue weighted by Gasteiger charge is -2.27. The molecule has 0 aromatic rings. The monoisotopic (exact) mass is 418 g/mol. The lowest BCUT2D eigenvalue weighted by Crippen LogP contribution is -2.54. The van der Waals surface area contributed by atoms with Gasteiger partial charge in [-0.2, -0.15) is 0 Å². The van der Waals surface area contributed by atoms with Gasteiger partial charge in [-0.15, -0.1) is 0 Å². The minimum Gasteiger partial charge on any atom is -0.480 e. The molecule has 2 amide bonds. The van der Waals surface area contributed by atoms with Crippen LogP contribution >= 0.6 is 0 Å². The second-order valence-corrected chi connectivity index (χ2v) is 8.27. The number of rotatable bonds is 11. The first-order valence-corrected chi connectivity index (χ1v) is 10.8. The minimum atomic E-state index is -1.17. The minimum absolute atomic E-state index is 0.0840. The molecule has 0 saturated carbocycles. The fourth-order valence-electron chi connectivity index (χ4n) is 2.96. The Morgan fingerprint density at radius 3 is 2.57 bits per heavy atom. The molecule has 1 fully saturated rings. The zero-order valence-electron chi connectivity index (χ0n) is 16.0. The van der Waals surface area contributed by atoms with Gasteiger partial charge in [-0.05, 0) is 32.1 Å². The summed E-state index contributed by atoms with van der Waals surface area (Å²) < 4.78 is 11.2. The number of nitrogens with zero attached hydrogens (tertiary/aromatic N) is 2. The van der Waals surface area contributed by atoms with Crippen LogP contribution in [0.25, 0.3) is 0 Å². The van der Waals surface area contributed by atoms with E-state index in [2.05, 4.69) is 10.3 Å². The molecule has 28 heavy (non-hydrogen) atoms. The Bertz CT molecular complexity index is 625. The number of amides is 2. The van der Waals surface area contributed by atoms with Gasteiger partial charge in [0.25, 0.3) is 0 Å². The molecule has 0 aromatic carbocycles. The van der Waals surface area contributed by atoms with E-state index in [1.165, 1.54) is 11.2 Å². The molecular weight excluding hydrogens is 388 g/mol. The SMILES string of the molecule is CS(=O)CCC(N)C(=O)N1CCCC1C(=O)NC(CCCN=C(N)N)C(=O)O. The molecule has 1 aliphatic heterocycles. The van der Waals surface area contributed by atoms with Crippen molar-refractivity contribution in [3.8, 4) is 0 Å². The molecular formula is C16H30N6O5S. The van der Waals surface area contributed by atoms with Crippen molar-refractivity contribution in [3.05, 3.63) is 0 Å². The van der Waals surface area contributed by atoms with E-state index in [1.54, 1.807) is 0 Å². The van der Waals surface area contributed by atoms with Crippen molar-refractivity contribution >= 4 is 34.5 Å². The van der Waals surface area contributed by atoms with Crippen molar-refractivity contribution in [1.82, 2.24) is 10.2 Å². The Labute approximate surface area is 166 Å². The van der Waals surface area contributed by atoms with E-state index < -0.39 is 40.8 Å². The Balaban J connectivity index is 2.66. The fourth-order valence-corrected chi connectivity index (χ4v) is 3.55. The molecule has 8 N–H and O–H groups in total. The fraction of sp³-hybridized carbons (Fsp3) is 0.750. The zero-order valence-corrected chi connectivity index (χ0v) is 16.8. The summed E-state index contributed by atoms with van der Waals surface area (Å²) >= 11 is 0. The Morgan fingerprint density at radius 1 is 1.32 bits per heavy atom. The quantitative estimate of drug-likeness (QED) is 0.140. The summed E-state index contributed by atoms with van der Waals surface area (Å²) in [4.78, 5) is 41.7. The van der Waals surface area contributed by atoms with Crippen LogP contribution in [0, 0.1) is 0 Å². The van der Waals surface area contributed by atoms with Crippen LogP contribution in [-0.4, -0.2) is 81.2 Å². The number of carbonyl (C=O) groups excluding carboxylic acids is 2. The smallest absolute Gasteiger partial charge is 0.326 e. The molecule has 0 spiro atoms. The van der Waals surface area contributed by atoms with Gasteiger partial charge in [0.05, 0.1) is 6.04 Å². The second kappa shape index (κ2) is 11.6. The lowest BCUT2D eigenvalue weighted by atomic mass is 10.1. The number of guanidine groups is 1. The zero-order chi connectivity index (χ0) is 21.3. The average Bonchev–Trinajstić information content (AvgIpc) is 3.10. The van der Waals surface area contributed by atoms with Crippen molar-refractivity contribution in [2.24, 2.45) is 22.2 Å². The summed E-state index contributed by atoms with van der Waals surface area (Å²) in [6.07, 6.45) is 3.38. The topological polar surface area (TPSA) is 194 Å². The van der Waals surface area contributed by atoms with Crippen LogP contribution in [-0.2, 0) is 25.2 Å². The van der Waals surface area contributed by atoms with Gasteiger partial charge in [0.1, 0.15) is 12.1 Å². The van der Waals surface area contributed by atoms with E-state index in [-0.39, 0.29) is 31.3 Å². The highest BCUT2D eigenvalue weighted by atomic mass is 32.2. The van der Waals surface area contributed by atoms with Crippen LogP contribution in [0.15, 0.2) is 4.99 Å². The molecule has 4 atom stereocenters. The van der Waals surface area contributed by atoms with Gasteiger partial charge in [0.15, 0.2) is 5.96 Å². The maximum atomic E-state index is 12.6. The Hall–Kier alpha value is -2.21. The molecule has 12 heteroatoms. The van der Waals surface area contributed by atoms with Crippen molar-refractivity contribution < 1.29 is 23.7 Å². The summed E-state index contributed by atoms with van der Waals surface area (Å²) in [6, 6.07) is -2.70. The van der Waals surface area contributed by atoms with Gasteiger partial charge in [-0.25, -0.2) is 4.79 Å². The summed E-state index contributed by atoms with van der Waals surface area (Å²) in [5.41, 5.74) is 16.3. The highest BCUT2D eigenvalue weighted by Crippen LogP contribution is 2.19. The van der Waals surface area contributed by atoms with Gasteiger partial charge in [0.2, 0.25) is 11.8 Å². The van der Waals surface area contributed by atoms with Crippen LogP contribution in [0.4, 0.5) is 0 Å². The Morgan fingerprint density at radius 2 is 2.00 bits per heavy atom. The maximum Gasteiger partial charge on any atom is 0.326 e. The van der Waals surface area contributed by atoms with E-state index in [9.17, 15) is 23.7 Å². The number of aliphatic imine (C=N–C) groups is 1. The van der Waals surface area contributed by atoms with E-state index >= 15 is 0 Å². The molecule has 160 valence electrons. The van der Waals surface area contributed by atoms with Crippen LogP contribution in [0.2, 0.25) is 0 Å². The summed E-state index contributed by atoms with van der Waals surface area (Å²) in [5, 5.41) is 11.8. The molecule has 1 saturated heterocycles. The molecule has 0 radical (unpaired) electrons. The summed E-state index contributed by atoms with van der Waals surface area (Å²) in [5.74, 6) is -1.86. The van der Waals surface area contributed by atoms with Crippen LogP contribution in [0.3, 0.4) is 0 Å². The average molecular weight is 419 g/mol. The number of nitrogens with two attached hydrogens (primary N) is 3. The van der Waals surface area contributed by atoms with Gasteiger partial charge in [0, 0.05) is 35.9 Å². The van der Waals surface area contributed by atoms with E-state index in [0.717, 1.165) is 0 Å². The number of aliphatic carboxylic acids is 1. The molecule has 0 aromatic heterocycles. The number of carboxylic acids is 1. The Kier molecular flexibility index (Phi) is 9.87. The molecule has 0 bridgehead atoms. The molecule has 11 nitrogen and oxygen atoms in total. The molecule has 0 aliphatic carbocycles. The van der Waals surface area contributed by atoms with E-state index in [1.807, 2.05) is 0 Å². The third kappa shape index (κ3) is 7.80. The number of hydrogen-bond donors (Lipinski definition) is 5. The summed E-state index contributed by atoms with van der Waals surface area (Å²) in [7, 11) is -1.06. The van der Waals surface area contributed by atoms with Crippen molar-refractivity contribution in [3.63, 3.8) is 0 Å². The highest BCUT2D eigenvalue weighted by Gasteiger charge is 2.37. The number of likely N-dealkylation sites (tertiary alicyclic amines) is 1. The normalized spacial score (nSPS) is 19.5. The molecule has 1 heterocycles. The first-order chi connectivity index (χ1) is 13.1. The van der Waals surface area contributed by atoms with Crippen LogP contribution in [0.5, 0.6) is 0 Å². The van der Waals surface area contributed by atoms with Crippen molar-refractivity contribution in [2.45, 2.75) is 50.2 Å². The third-order valence-electron chi connectivity index (χ3n) is 4.43. The number of carboxylic acid groups (broad SMARTS) is 1. The van der Waals surface area contributed by atoms with Gasteiger partial charge >= 0.3 is 5.97 Å². The lowest BCUT2D eigenvalue weighted by molar-refractivity contribution is -0.144. The summed E-state index contributed by atoms with van der Waals surface area (Å²) in [6.45, 7) is 0.631. The highest BCUT2D eigenvalue weighted by molar-refractivity contribution is 7.84. The maximum absolute atomic E-state index is 12.6. The molecule has 4 unspecified atom stereocenters. The number of carbonyl (C=O) groups is 3. The largest absolute Gasteiger partial charge is 0.480 e. The predicted octanol–water partition coefficient (Wildman–Crippen LogP) is -2.30. The van der Waals surface area contributed by atoms with Gasteiger partial charge in [-0.1, -0.05) is 0 Å². The first-order valence-electron chi connectivity index (χ1n) is 9.08.